The highest BCUT2D eigenvalue weighted by molar-refractivity contribution is 8.15. The molecule has 94 valence electrons. The maximum Gasteiger partial charge on any atom is 0.242 e. The Bertz CT molecular complexity index is 357. The number of aliphatic imine (C=N–C) groups is 1. The van der Waals surface area contributed by atoms with Crippen LogP contribution < -0.4 is 5.32 Å². The van der Waals surface area contributed by atoms with Crippen molar-refractivity contribution in [2.24, 2.45) is 4.99 Å². The van der Waals surface area contributed by atoms with Crippen LogP contribution in [0.1, 0.15) is 26.2 Å². The van der Waals surface area contributed by atoms with Crippen LogP contribution in [-0.2, 0) is 9.59 Å². The third-order valence-corrected chi connectivity index (χ3v) is 3.96. The van der Waals surface area contributed by atoms with Gasteiger partial charge < -0.3 is 5.32 Å². The number of amidine groups is 1. The van der Waals surface area contributed by atoms with Gasteiger partial charge in [0.1, 0.15) is 5.25 Å². The number of hydrogen-bond acceptors (Lipinski definition) is 4. The van der Waals surface area contributed by atoms with Gasteiger partial charge in [0.15, 0.2) is 5.17 Å². The van der Waals surface area contributed by atoms with Crippen molar-refractivity contribution in [3.63, 3.8) is 0 Å². The average molecular weight is 255 g/mol. The Morgan fingerprint density at radius 3 is 3.18 bits per heavy atom. The molecule has 0 aromatic carbocycles. The molecule has 17 heavy (non-hydrogen) atoms. The van der Waals surface area contributed by atoms with Gasteiger partial charge in [0.05, 0.1) is 0 Å². The first-order valence-corrected chi connectivity index (χ1v) is 6.89. The second-order valence-electron chi connectivity index (χ2n) is 4.17. The molecule has 2 heterocycles. The molecule has 1 unspecified atom stereocenters. The van der Waals surface area contributed by atoms with Gasteiger partial charge in [-0.3, -0.25) is 19.5 Å². The van der Waals surface area contributed by atoms with Crippen molar-refractivity contribution in [2.45, 2.75) is 31.4 Å². The summed E-state index contributed by atoms with van der Waals surface area (Å²) in [6.45, 7) is 4.22. The van der Waals surface area contributed by atoms with E-state index in [1.165, 1.54) is 11.8 Å². The Morgan fingerprint density at radius 1 is 1.65 bits per heavy atom. The molecule has 1 saturated heterocycles. The van der Waals surface area contributed by atoms with Gasteiger partial charge in [0, 0.05) is 26.1 Å². The molecule has 2 aliphatic rings. The fourth-order valence-electron chi connectivity index (χ4n) is 1.88. The van der Waals surface area contributed by atoms with Crippen LogP contribution >= 0.6 is 11.8 Å². The molecule has 2 rings (SSSR count). The third-order valence-electron chi connectivity index (χ3n) is 2.75. The zero-order valence-corrected chi connectivity index (χ0v) is 10.8. The zero-order chi connectivity index (χ0) is 12.3. The molecule has 1 atom stereocenters. The Morgan fingerprint density at radius 2 is 2.47 bits per heavy atom. The number of carbonyl (C=O) groups is 2. The second kappa shape index (κ2) is 5.53. The molecule has 0 spiro atoms. The van der Waals surface area contributed by atoms with E-state index in [1.54, 1.807) is 4.90 Å². The van der Waals surface area contributed by atoms with Crippen LogP contribution in [0.3, 0.4) is 0 Å². The predicted octanol–water partition coefficient (Wildman–Crippen LogP) is 0.606. The van der Waals surface area contributed by atoms with Crippen LogP contribution in [-0.4, -0.2) is 46.8 Å². The van der Waals surface area contributed by atoms with E-state index in [0.29, 0.717) is 6.54 Å². The summed E-state index contributed by atoms with van der Waals surface area (Å²) in [5.74, 6) is -0.00162. The van der Waals surface area contributed by atoms with Crippen molar-refractivity contribution < 1.29 is 9.59 Å². The lowest BCUT2D eigenvalue weighted by Crippen LogP contribution is -2.37. The first kappa shape index (κ1) is 12.4. The highest BCUT2D eigenvalue weighted by Gasteiger charge is 2.39. The number of nitrogens with one attached hydrogen (secondary N) is 1. The van der Waals surface area contributed by atoms with Gasteiger partial charge in [-0.05, 0) is 12.8 Å². The van der Waals surface area contributed by atoms with Gasteiger partial charge in [-0.15, -0.1) is 0 Å². The summed E-state index contributed by atoms with van der Waals surface area (Å²) in [6.07, 6.45) is 2.10. The number of amides is 2. The molecule has 2 aliphatic heterocycles. The Kier molecular flexibility index (Phi) is 4.04. The Hall–Kier alpha value is -1.04. The van der Waals surface area contributed by atoms with Crippen molar-refractivity contribution in [2.75, 3.05) is 19.6 Å². The predicted molar refractivity (Wildman–Crippen MR) is 67.9 cm³/mol. The summed E-state index contributed by atoms with van der Waals surface area (Å²) in [4.78, 5) is 29.6. The summed E-state index contributed by atoms with van der Waals surface area (Å²) in [5, 5.41) is 3.32. The van der Waals surface area contributed by atoms with Gasteiger partial charge in [-0.25, -0.2) is 0 Å². The largest absolute Gasteiger partial charge is 0.356 e. The maximum absolute atomic E-state index is 12.0. The van der Waals surface area contributed by atoms with Crippen molar-refractivity contribution in [1.82, 2.24) is 10.2 Å². The summed E-state index contributed by atoms with van der Waals surface area (Å²) < 4.78 is 0. The van der Waals surface area contributed by atoms with Gasteiger partial charge in [-0.2, -0.15) is 0 Å². The Balaban J connectivity index is 1.91. The van der Waals surface area contributed by atoms with E-state index in [-0.39, 0.29) is 23.5 Å². The first-order valence-electron chi connectivity index (χ1n) is 6.01. The Labute approximate surface area is 105 Å². The van der Waals surface area contributed by atoms with Crippen LogP contribution in [0, 0.1) is 0 Å². The summed E-state index contributed by atoms with van der Waals surface area (Å²) in [6, 6.07) is 0. The molecule has 6 heteroatoms. The van der Waals surface area contributed by atoms with Crippen LogP contribution in [0.2, 0.25) is 0 Å². The first-order chi connectivity index (χ1) is 8.22. The van der Waals surface area contributed by atoms with E-state index in [2.05, 4.69) is 10.3 Å². The normalized spacial score (nSPS) is 23.4. The van der Waals surface area contributed by atoms with Crippen LogP contribution in [0.25, 0.3) is 0 Å². The fraction of sp³-hybridized carbons (Fsp3) is 0.727. The van der Waals surface area contributed by atoms with E-state index in [1.807, 2.05) is 6.92 Å². The van der Waals surface area contributed by atoms with E-state index < -0.39 is 0 Å². The van der Waals surface area contributed by atoms with E-state index in [0.717, 1.165) is 31.1 Å². The standard InChI is InChI=1S/C11H17N3O2S/c1-2-4-12-9(15)7-8-10(16)14-6-3-5-13-11(14)17-8/h8H,2-7H2,1H3,(H,12,15). The fourth-order valence-corrected chi connectivity index (χ4v) is 3.07. The van der Waals surface area contributed by atoms with Crippen molar-refractivity contribution in [1.29, 1.82) is 0 Å². The van der Waals surface area contributed by atoms with Crippen LogP contribution in [0.15, 0.2) is 4.99 Å². The topological polar surface area (TPSA) is 61.8 Å². The number of nitrogens with zero attached hydrogens (tertiary/aromatic N) is 2. The van der Waals surface area contributed by atoms with Gasteiger partial charge >= 0.3 is 0 Å². The summed E-state index contributed by atoms with van der Waals surface area (Å²) in [5.41, 5.74) is 0. The van der Waals surface area contributed by atoms with Crippen molar-refractivity contribution >= 4 is 28.7 Å². The molecule has 2 amide bonds. The quantitative estimate of drug-likeness (QED) is 0.800. The van der Waals surface area contributed by atoms with E-state index >= 15 is 0 Å². The molecule has 0 radical (unpaired) electrons. The smallest absolute Gasteiger partial charge is 0.242 e. The SMILES string of the molecule is CCCNC(=O)CC1SC2=NCCCN2C1=O. The molecule has 1 N–H and O–H groups in total. The minimum Gasteiger partial charge on any atom is -0.356 e. The molecule has 0 aliphatic carbocycles. The number of thioether (sulfide) groups is 1. The third kappa shape index (κ3) is 2.80. The molecule has 0 saturated carbocycles. The lowest BCUT2D eigenvalue weighted by molar-refractivity contribution is -0.129. The minimum atomic E-state index is -0.274. The van der Waals surface area contributed by atoms with Crippen LogP contribution in [0.5, 0.6) is 0 Å². The van der Waals surface area contributed by atoms with Gasteiger partial charge in [0.2, 0.25) is 11.8 Å². The molecule has 0 aromatic heterocycles. The zero-order valence-electron chi connectivity index (χ0n) is 9.94. The summed E-state index contributed by atoms with van der Waals surface area (Å²) >= 11 is 1.43. The number of hydrogen-bond donors (Lipinski definition) is 1. The van der Waals surface area contributed by atoms with Crippen LogP contribution in [0.4, 0.5) is 0 Å². The maximum atomic E-state index is 12.0. The second-order valence-corrected chi connectivity index (χ2v) is 5.34. The lowest BCUT2D eigenvalue weighted by Gasteiger charge is -2.19. The molecule has 0 bridgehead atoms. The highest BCUT2D eigenvalue weighted by atomic mass is 32.2. The van der Waals surface area contributed by atoms with Crippen molar-refractivity contribution in [3.8, 4) is 0 Å². The summed E-state index contributed by atoms with van der Waals surface area (Å²) in [7, 11) is 0. The van der Waals surface area contributed by atoms with E-state index in [9.17, 15) is 9.59 Å². The monoisotopic (exact) mass is 255 g/mol. The number of carbonyl (C=O) groups excluding carboxylic acids is 2. The highest BCUT2D eigenvalue weighted by Crippen LogP contribution is 2.31. The van der Waals surface area contributed by atoms with Gasteiger partial charge in [0.25, 0.3) is 0 Å². The molecular weight excluding hydrogens is 238 g/mol. The average Bonchev–Trinajstić information content (AvgIpc) is 2.64. The molecule has 1 fully saturated rings. The minimum absolute atomic E-state index is 0.0418. The number of fused-ring (bicyclic) bond motifs is 1. The van der Waals surface area contributed by atoms with E-state index in [4.69, 9.17) is 0 Å². The molecular formula is C11H17N3O2S. The number of rotatable bonds is 4. The molecule has 0 aromatic rings. The molecule has 5 nitrogen and oxygen atoms in total. The lowest BCUT2D eigenvalue weighted by atomic mass is 10.2. The van der Waals surface area contributed by atoms with Gasteiger partial charge in [-0.1, -0.05) is 18.7 Å². The van der Waals surface area contributed by atoms with Crippen molar-refractivity contribution in [3.05, 3.63) is 0 Å².